The van der Waals surface area contributed by atoms with E-state index in [0.717, 1.165) is 19.3 Å². The fourth-order valence-corrected chi connectivity index (χ4v) is 3.37. The van der Waals surface area contributed by atoms with Crippen LogP contribution in [-0.4, -0.2) is 16.3 Å². The summed E-state index contributed by atoms with van der Waals surface area (Å²) in [7, 11) is 0. The molecule has 0 aromatic rings. The number of carbonyl (C=O) groups excluding carboxylic acids is 2. The quantitative estimate of drug-likeness (QED) is 0.423. The van der Waals surface area contributed by atoms with Crippen LogP contribution < -0.4 is 0 Å². The van der Waals surface area contributed by atoms with Gasteiger partial charge in [0.15, 0.2) is 0 Å². The Morgan fingerprint density at radius 1 is 1.62 bits per heavy atom. The monoisotopic (exact) mass is 246 g/mol. The van der Waals surface area contributed by atoms with Crippen LogP contribution in [0.25, 0.3) is 0 Å². The maximum absolute atomic E-state index is 11.3. The first-order valence-corrected chi connectivity index (χ1v) is 5.34. The third-order valence-electron chi connectivity index (χ3n) is 2.97. The lowest BCUT2D eigenvalue weighted by Crippen LogP contribution is -2.51. The first-order chi connectivity index (χ1) is 6.09. The molecule has 0 aromatic carbocycles. The smallest absolute Gasteiger partial charge is 0.331 e. The Balaban J connectivity index is 2.15. The van der Waals surface area contributed by atoms with Crippen LogP contribution in [0.3, 0.4) is 0 Å². The van der Waals surface area contributed by atoms with Crippen LogP contribution in [0.2, 0.25) is 0 Å². The maximum atomic E-state index is 11.3. The number of carbonyl (C=O) groups is 2. The van der Waals surface area contributed by atoms with E-state index in [2.05, 4.69) is 27.6 Å². The van der Waals surface area contributed by atoms with Crippen molar-refractivity contribution in [2.24, 2.45) is 11.8 Å². The summed E-state index contributed by atoms with van der Waals surface area (Å²) in [5.74, 6) is -0.621. The molecule has 0 amide bonds. The highest BCUT2D eigenvalue weighted by molar-refractivity contribution is 9.10. The number of esters is 2. The van der Waals surface area contributed by atoms with Gasteiger partial charge in [0.1, 0.15) is 4.32 Å². The minimum atomic E-state index is -0.663. The molecule has 1 saturated carbocycles. The number of hydrogen-bond donors (Lipinski definition) is 0. The highest BCUT2D eigenvalue weighted by Gasteiger charge is 2.66. The summed E-state index contributed by atoms with van der Waals surface area (Å²) >= 11 is 3.32. The summed E-state index contributed by atoms with van der Waals surface area (Å²) in [6, 6.07) is 0. The minimum absolute atomic E-state index is 0.222. The highest BCUT2D eigenvalue weighted by Crippen LogP contribution is 2.56. The molecule has 2 fully saturated rings. The van der Waals surface area contributed by atoms with E-state index in [1.165, 1.54) is 0 Å². The molecule has 0 bridgehead atoms. The second kappa shape index (κ2) is 2.80. The Hall–Kier alpha value is -0.380. The van der Waals surface area contributed by atoms with Crippen molar-refractivity contribution in [1.82, 2.24) is 0 Å². The van der Waals surface area contributed by atoms with E-state index in [9.17, 15) is 9.59 Å². The van der Waals surface area contributed by atoms with Crippen molar-refractivity contribution in [1.29, 1.82) is 0 Å². The molecule has 1 heterocycles. The van der Waals surface area contributed by atoms with Crippen LogP contribution in [0, 0.1) is 11.8 Å². The minimum Gasteiger partial charge on any atom is -0.392 e. The average molecular weight is 247 g/mol. The molecule has 0 aromatic heterocycles. The van der Waals surface area contributed by atoms with E-state index in [4.69, 9.17) is 0 Å². The fourth-order valence-electron chi connectivity index (χ4n) is 2.31. The lowest BCUT2D eigenvalue weighted by molar-refractivity contribution is -0.153. The van der Waals surface area contributed by atoms with E-state index >= 15 is 0 Å². The van der Waals surface area contributed by atoms with Crippen molar-refractivity contribution in [3.63, 3.8) is 0 Å². The summed E-state index contributed by atoms with van der Waals surface area (Å²) < 4.78 is 3.94. The van der Waals surface area contributed by atoms with Gasteiger partial charge in [-0.05, 0) is 18.8 Å². The van der Waals surface area contributed by atoms with Gasteiger partial charge in [0.25, 0.3) is 0 Å². The van der Waals surface area contributed by atoms with E-state index in [0.29, 0.717) is 5.92 Å². The molecule has 0 radical (unpaired) electrons. The van der Waals surface area contributed by atoms with E-state index in [1.54, 1.807) is 0 Å². The Kier molecular flexibility index (Phi) is 1.98. The number of fused-ring (bicyclic) bond motifs is 1. The predicted octanol–water partition coefficient (Wildman–Crippen LogP) is 1.64. The van der Waals surface area contributed by atoms with Crippen LogP contribution in [-0.2, 0) is 14.3 Å². The third kappa shape index (κ3) is 1.08. The van der Waals surface area contributed by atoms with Gasteiger partial charge in [-0.25, -0.2) is 0 Å². The second-order valence-corrected chi connectivity index (χ2v) is 5.22. The van der Waals surface area contributed by atoms with Crippen molar-refractivity contribution in [2.45, 2.75) is 30.5 Å². The van der Waals surface area contributed by atoms with E-state index in [-0.39, 0.29) is 11.9 Å². The first-order valence-electron chi connectivity index (χ1n) is 4.54. The zero-order valence-electron chi connectivity index (χ0n) is 7.38. The van der Waals surface area contributed by atoms with Gasteiger partial charge in [-0.2, -0.15) is 0 Å². The Morgan fingerprint density at radius 3 is 2.85 bits per heavy atom. The molecule has 1 saturated heterocycles. The molecule has 2 aliphatic rings. The molecule has 1 aliphatic heterocycles. The molecule has 0 N–H and O–H groups in total. The second-order valence-electron chi connectivity index (χ2n) is 3.80. The summed E-state index contributed by atoms with van der Waals surface area (Å²) in [5.41, 5.74) is 0. The van der Waals surface area contributed by atoms with Gasteiger partial charge in [-0.1, -0.05) is 29.3 Å². The molecular weight excluding hydrogens is 236 g/mol. The average Bonchev–Trinajstić information content (AvgIpc) is 2.17. The van der Waals surface area contributed by atoms with E-state index in [1.807, 2.05) is 0 Å². The van der Waals surface area contributed by atoms with Crippen molar-refractivity contribution >= 4 is 27.9 Å². The topological polar surface area (TPSA) is 43.4 Å². The van der Waals surface area contributed by atoms with Gasteiger partial charge in [0.2, 0.25) is 0 Å². The van der Waals surface area contributed by atoms with Gasteiger partial charge in [-0.3, -0.25) is 9.59 Å². The molecule has 1 aliphatic carbocycles. The first kappa shape index (κ1) is 9.19. The number of ether oxygens (including phenoxy) is 1. The zero-order chi connectivity index (χ0) is 9.64. The lowest BCUT2D eigenvalue weighted by Gasteiger charge is -2.41. The van der Waals surface area contributed by atoms with Crippen molar-refractivity contribution in [3.05, 3.63) is 0 Å². The summed E-state index contributed by atoms with van der Waals surface area (Å²) in [6.07, 6.45) is 2.79. The number of cyclic esters (lactones) is 2. The molecular formula is C9H11BrO3. The van der Waals surface area contributed by atoms with Crippen LogP contribution in [0.1, 0.15) is 26.2 Å². The molecule has 3 nitrogen and oxygen atoms in total. The number of rotatable bonds is 2. The zero-order valence-corrected chi connectivity index (χ0v) is 8.96. The Labute approximate surface area is 85.0 Å². The van der Waals surface area contributed by atoms with Gasteiger partial charge in [0.05, 0.1) is 5.92 Å². The van der Waals surface area contributed by atoms with Crippen molar-refractivity contribution < 1.29 is 14.3 Å². The van der Waals surface area contributed by atoms with Crippen molar-refractivity contribution in [2.75, 3.05) is 0 Å². The number of alkyl halides is 1. The van der Waals surface area contributed by atoms with Gasteiger partial charge >= 0.3 is 11.9 Å². The summed E-state index contributed by atoms with van der Waals surface area (Å²) in [5, 5.41) is 0. The van der Waals surface area contributed by atoms with Crippen molar-refractivity contribution in [3.8, 4) is 0 Å². The largest absolute Gasteiger partial charge is 0.392 e. The van der Waals surface area contributed by atoms with Crippen LogP contribution in [0.15, 0.2) is 0 Å². The van der Waals surface area contributed by atoms with Crippen LogP contribution in [0.5, 0.6) is 0 Å². The Bertz CT molecular complexity index is 276. The summed E-state index contributed by atoms with van der Waals surface area (Å²) in [4.78, 5) is 22.5. The molecule has 2 rings (SSSR count). The lowest BCUT2D eigenvalue weighted by atomic mass is 9.64. The summed E-state index contributed by atoms with van der Waals surface area (Å²) in [6.45, 7) is 2.08. The van der Waals surface area contributed by atoms with E-state index < -0.39 is 10.3 Å². The number of halogens is 1. The highest BCUT2D eigenvalue weighted by atomic mass is 79.9. The van der Waals surface area contributed by atoms with Crippen LogP contribution >= 0.6 is 15.9 Å². The van der Waals surface area contributed by atoms with Gasteiger partial charge < -0.3 is 4.74 Å². The SMILES string of the molecule is CCCC1CC2(Br)C(=O)OC(=O)C12. The third-order valence-corrected chi connectivity index (χ3v) is 4.11. The normalized spacial score (nSPS) is 42.6. The maximum Gasteiger partial charge on any atom is 0.331 e. The molecule has 0 spiro atoms. The molecule has 13 heavy (non-hydrogen) atoms. The van der Waals surface area contributed by atoms with Crippen LogP contribution in [0.4, 0.5) is 0 Å². The standard InChI is InChI=1S/C9H11BrO3/c1-2-3-5-4-9(10)6(5)7(11)13-8(9)12/h5-6H,2-4H2,1H3. The number of hydrogen-bond acceptors (Lipinski definition) is 3. The molecule has 4 heteroatoms. The Morgan fingerprint density at radius 2 is 2.31 bits per heavy atom. The molecule has 3 unspecified atom stereocenters. The molecule has 3 atom stereocenters. The van der Waals surface area contributed by atoms with Gasteiger partial charge in [-0.15, -0.1) is 0 Å². The molecule has 72 valence electrons. The fraction of sp³-hybridized carbons (Fsp3) is 0.778. The van der Waals surface area contributed by atoms with Gasteiger partial charge in [0, 0.05) is 0 Å². The predicted molar refractivity (Wildman–Crippen MR) is 49.3 cm³/mol.